The average Bonchev–Trinajstić information content (AvgIpc) is 3.89. The maximum atomic E-state index is 14.2. The number of hydrogen-bond donors (Lipinski definition) is 7. The minimum atomic E-state index is -1.52. The molecule has 7 N–H and O–H groups in total. The van der Waals surface area contributed by atoms with Crippen LogP contribution in [-0.2, 0) is 47.8 Å². The molecule has 11 atom stereocenters. The third-order valence-corrected chi connectivity index (χ3v) is 15.7. The normalized spacial score (nSPS) is 25.4. The zero-order valence-corrected chi connectivity index (χ0v) is 49.6. The zero-order valence-electron chi connectivity index (χ0n) is 49.6. The number of aliphatic hydroxyl groups is 1. The predicted molar refractivity (Wildman–Crippen MR) is 301 cm³/mol. The number of carbonyl (C=O) groups excluding carboxylic acids is 8. The van der Waals surface area contributed by atoms with Gasteiger partial charge in [-0.1, -0.05) is 183 Å². The number of rotatable bonds is 29. The lowest BCUT2D eigenvalue weighted by Gasteiger charge is -2.32. The molecular formula is C59H107N7O11. The first-order valence-corrected chi connectivity index (χ1v) is 30.2. The first-order chi connectivity index (χ1) is 36.7. The van der Waals surface area contributed by atoms with Gasteiger partial charge in [0.2, 0.25) is 41.4 Å². The number of ether oxygens (including phenoxy) is 2. The summed E-state index contributed by atoms with van der Waals surface area (Å²) in [6.45, 7) is 17.4. The summed E-state index contributed by atoms with van der Waals surface area (Å²) in [4.78, 5) is 113. The molecule has 2 fully saturated rings. The number of cyclic esters (lactones) is 1. The summed E-state index contributed by atoms with van der Waals surface area (Å²) in [5.41, 5.74) is 0. The van der Waals surface area contributed by atoms with E-state index in [1.165, 1.54) is 129 Å². The molecule has 0 radical (unpaired) electrons. The lowest BCUT2D eigenvalue weighted by Crippen LogP contribution is -2.61. The molecule has 0 aromatic carbocycles. The molecule has 444 valence electrons. The molecule has 7 amide bonds. The van der Waals surface area contributed by atoms with Gasteiger partial charge >= 0.3 is 5.97 Å². The van der Waals surface area contributed by atoms with Crippen LogP contribution in [0.3, 0.4) is 0 Å². The molecule has 2 saturated heterocycles. The fourth-order valence-electron chi connectivity index (χ4n) is 10.3. The van der Waals surface area contributed by atoms with Crippen molar-refractivity contribution in [3.05, 3.63) is 0 Å². The van der Waals surface area contributed by atoms with Crippen LogP contribution < -0.4 is 31.9 Å². The second-order valence-electron chi connectivity index (χ2n) is 23.1. The lowest BCUT2D eigenvalue weighted by molar-refractivity contribution is -0.158. The Bertz CT molecular complexity index is 1780. The molecule has 18 nitrogen and oxygen atoms in total. The Balaban J connectivity index is 2.27. The van der Waals surface area contributed by atoms with Gasteiger partial charge in [-0.15, -0.1) is 0 Å². The summed E-state index contributed by atoms with van der Waals surface area (Å²) in [6, 6.07) is -8.44. The average molecular weight is 1090 g/mol. The van der Waals surface area contributed by atoms with Crippen LogP contribution in [-0.4, -0.2) is 132 Å². The number of nitrogens with zero attached hydrogens (tertiary/aromatic N) is 1. The molecule has 0 aromatic rings. The topological polar surface area (TPSA) is 251 Å². The van der Waals surface area contributed by atoms with Crippen LogP contribution >= 0.6 is 0 Å². The van der Waals surface area contributed by atoms with E-state index in [4.69, 9.17) is 9.47 Å². The van der Waals surface area contributed by atoms with Crippen LogP contribution in [0.5, 0.6) is 0 Å². The number of nitrogens with one attached hydrogen (secondary N) is 6. The van der Waals surface area contributed by atoms with Crippen LogP contribution in [0.2, 0.25) is 0 Å². The van der Waals surface area contributed by atoms with Gasteiger partial charge in [0.05, 0.1) is 18.6 Å². The summed E-state index contributed by atoms with van der Waals surface area (Å²) in [5.74, 6) is -6.94. The molecule has 0 aliphatic carbocycles. The van der Waals surface area contributed by atoms with Gasteiger partial charge in [0.15, 0.2) is 6.04 Å². The van der Waals surface area contributed by atoms with E-state index in [9.17, 15) is 43.5 Å². The second kappa shape index (κ2) is 38.3. The van der Waals surface area contributed by atoms with E-state index in [-0.39, 0.29) is 19.4 Å². The fourth-order valence-corrected chi connectivity index (χ4v) is 10.3. The van der Waals surface area contributed by atoms with Gasteiger partial charge < -0.3 is 51.4 Å². The van der Waals surface area contributed by atoms with Gasteiger partial charge in [0.1, 0.15) is 42.4 Å². The van der Waals surface area contributed by atoms with Gasteiger partial charge in [-0.25, -0.2) is 4.79 Å². The highest BCUT2D eigenvalue weighted by atomic mass is 16.5. The lowest BCUT2D eigenvalue weighted by atomic mass is 9.96. The molecule has 0 bridgehead atoms. The van der Waals surface area contributed by atoms with Gasteiger partial charge in [-0.3, -0.25) is 33.6 Å². The van der Waals surface area contributed by atoms with E-state index in [2.05, 4.69) is 38.8 Å². The Morgan fingerprint density at radius 1 is 0.545 bits per heavy atom. The summed E-state index contributed by atoms with van der Waals surface area (Å²) >= 11 is 0. The largest absolute Gasteiger partial charge is 0.460 e. The minimum absolute atomic E-state index is 0.219. The molecule has 0 spiro atoms. The van der Waals surface area contributed by atoms with E-state index in [1.807, 2.05) is 6.92 Å². The van der Waals surface area contributed by atoms with Gasteiger partial charge in [-0.2, -0.15) is 0 Å². The second-order valence-corrected chi connectivity index (χ2v) is 23.1. The number of methoxy groups -OCH3 is 1. The molecule has 11 unspecified atom stereocenters. The van der Waals surface area contributed by atoms with Crippen molar-refractivity contribution in [1.29, 1.82) is 0 Å². The summed E-state index contributed by atoms with van der Waals surface area (Å²) in [6.07, 6.45) is 23.6. The van der Waals surface area contributed by atoms with Crippen molar-refractivity contribution >= 4 is 47.3 Å². The van der Waals surface area contributed by atoms with Crippen molar-refractivity contribution in [2.45, 2.75) is 297 Å². The van der Waals surface area contributed by atoms with Gasteiger partial charge in [0.25, 0.3) is 0 Å². The SMILES string of the molecule is CCCCCCCCCCCCCCCCCCCCCCCC1CC(=O)NC(C(C)O)C(=O)NC(C(C)C)C(=O)NC(C)C(=O)N2CCCC2C(=O)NC(C(C)CC)C(=O)NC(C(C)C)C(=O)NC(C(C)OC)C(=O)O1. The predicted octanol–water partition coefficient (Wildman–Crippen LogP) is 7.60. The standard InChI is InChI=1S/C59H107N7O11/c1-12-14-15-16-17-18-19-20-21-22-23-24-25-26-27-28-29-30-31-32-33-35-45-38-47(68)61-51(43(9)67)57(73)63-48(39(3)4)54(70)60-42(8)58(74)66-37-34-36-46(66)53(69)64-50(41(7)13-2)56(72)62-49(40(5)6)55(71)65-52(44(10)76-11)59(75)77-45/h39-46,48-52,67H,12-38H2,1-11H3,(H,60,70)(H,61,68)(H,62,72)(H,63,73)(H,64,69)(H,65,71). The molecule has 0 aromatic heterocycles. The van der Waals surface area contributed by atoms with Crippen LogP contribution in [0.25, 0.3) is 0 Å². The molecule has 2 rings (SSSR count). The third-order valence-electron chi connectivity index (χ3n) is 15.7. The Kier molecular flexibility index (Phi) is 34.2. The van der Waals surface area contributed by atoms with Crippen LogP contribution in [0.1, 0.15) is 236 Å². The van der Waals surface area contributed by atoms with Crippen molar-refractivity contribution in [2.75, 3.05) is 13.7 Å². The van der Waals surface area contributed by atoms with Gasteiger partial charge in [-0.05, 0) is 64.2 Å². The van der Waals surface area contributed by atoms with E-state index >= 15 is 0 Å². The summed E-state index contributed by atoms with van der Waals surface area (Å²) in [7, 11) is 1.37. The first-order valence-electron chi connectivity index (χ1n) is 30.2. The maximum absolute atomic E-state index is 14.2. The highest BCUT2D eigenvalue weighted by Crippen LogP contribution is 2.22. The van der Waals surface area contributed by atoms with Crippen LogP contribution in [0, 0.1) is 17.8 Å². The number of unbranched alkanes of at least 4 members (excludes halogenated alkanes) is 20. The van der Waals surface area contributed by atoms with Crippen LogP contribution in [0.4, 0.5) is 0 Å². The van der Waals surface area contributed by atoms with E-state index in [0.717, 1.165) is 25.7 Å². The molecular weight excluding hydrogens is 983 g/mol. The number of amides is 7. The highest BCUT2D eigenvalue weighted by molar-refractivity contribution is 5.98. The molecule has 2 aliphatic rings. The highest BCUT2D eigenvalue weighted by Gasteiger charge is 2.41. The number of hydrogen-bond acceptors (Lipinski definition) is 11. The Morgan fingerprint density at radius 3 is 1.40 bits per heavy atom. The minimum Gasteiger partial charge on any atom is -0.460 e. The summed E-state index contributed by atoms with van der Waals surface area (Å²) < 4.78 is 11.6. The third kappa shape index (κ3) is 25.6. The van der Waals surface area contributed by atoms with Crippen molar-refractivity contribution in [3.8, 4) is 0 Å². The van der Waals surface area contributed by atoms with Crippen molar-refractivity contribution in [2.24, 2.45) is 17.8 Å². The van der Waals surface area contributed by atoms with E-state index in [1.54, 1.807) is 41.5 Å². The van der Waals surface area contributed by atoms with E-state index in [0.29, 0.717) is 25.7 Å². The number of fused-ring (bicyclic) bond motifs is 1. The molecule has 18 heteroatoms. The van der Waals surface area contributed by atoms with Crippen molar-refractivity contribution in [3.63, 3.8) is 0 Å². The Morgan fingerprint density at radius 2 is 0.961 bits per heavy atom. The molecule has 0 saturated carbocycles. The maximum Gasteiger partial charge on any atom is 0.331 e. The molecule has 2 aliphatic heterocycles. The van der Waals surface area contributed by atoms with Crippen LogP contribution in [0.15, 0.2) is 0 Å². The first kappa shape index (κ1) is 68.8. The van der Waals surface area contributed by atoms with Crippen molar-refractivity contribution in [1.82, 2.24) is 36.8 Å². The Hall–Kier alpha value is -4.32. The quantitative estimate of drug-likeness (QED) is 0.0284. The number of aliphatic hydroxyl groups excluding tert-OH is 1. The fraction of sp³-hybridized carbons (Fsp3) is 0.864. The Labute approximate surface area is 463 Å². The van der Waals surface area contributed by atoms with Crippen molar-refractivity contribution < 1.29 is 52.9 Å². The smallest absolute Gasteiger partial charge is 0.331 e. The monoisotopic (exact) mass is 1090 g/mol. The number of carbonyl (C=O) groups is 8. The summed E-state index contributed by atoms with van der Waals surface area (Å²) in [5, 5.41) is 27.1. The molecule has 2 heterocycles. The molecule has 77 heavy (non-hydrogen) atoms. The van der Waals surface area contributed by atoms with E-state index < -0.39 is 126 Å². The number of esters is 1. The van der Waals surface area contributed by atoms with Gasteiger partial charge in [0, 0.05) is 13.7 Å². The zero-order chi connectivity index (χ0) is 57.5.